The lowest BCUT2D eigenvalue weighted by molar-refractivity contribution is 0.126. The van der Waals surface area contributed by atoms with Crippen molar-refractivity contribution in [2.75, 3.05) is 40.3 Å². The Morgan fingerprint density at radius 2 is 1.21 bits per heavy atom. The summed E-state index contributed by atoms with van der Waals surface area (Å²) in [6.45, 7) is 3.42. The van der Waals surface area contributed by atoms with E-state index in [1.54, 1.807) is 23.4 Å². The van der Waals surface area contributed by atoms with E-state index >= 15 is 0 Å². The van der Waals surface area contributed by atoms with Crippen LogP contribution in [0.5, 0.6) is 5.75 Å². The van der Waals surface area contributed by atoms with Gasteiger partial charge in [-0.15, -0.1) is 22.7 Å². The number of amides is 2. The van der Waals surface area contributed by atoms with Crippen molar-refractivity contribution in [3.8, 4) is 5.75 Å². The van der Waals surface area contributed by atoms with E-state index in [0.717, 1.165) is 45.2 Å². The van der Waals surface area contributed by atoms with Gasteiger partial charge in [0.1, 0.15) is 19.0 Å². The van der Waals surface area contributed by atoms with E-state index < -0.39 is 12.2 Å². The highest BCUT2D eigenvalue weighted by Crippen LogP contribution is 2.17. The molecule has 0 unspecified atom stereocenters. The molecule has 0 radical (unpaired) electrons. The number of nitrogens with zero attached hydrogens (tertiary/aromatic N) is 4. The number of hydrogen-bond donors (Lipinski definition) is 2. The van der Waals surface area contributed by atoms with Crippen LogP contribution in [0.15, 0.2) is 108 Å². The van der Waals surface area contributed by atoms with Gasteiger partial charge in [0.25, 0.3) is 0 Å². The number of carbonyl (C=O) groups is 2. The third kappa shape index (κ3) is 15.0. The maximum absolute atomic E-state index is 13.2. The third-order valence-electron chi connectivity index (χ3n) is 8.26. The van der Waals surface area contributed by atoms with Crippen LogP contribution in [0.25, 0.3) is 0 Å². The van der Waals surface area contributed by atoms with Gasteiger partial charge in [0.15, 0.2) is 0 Å². The minimum Gasteiger partial charge on any atom is -0.494 e. The summed E-state index contributed by atoms with van der Waals surface area (Å²) in [5, 5.41) is 6.26. The molecule has 0 saturated carbocycles. The molecule has 280 valence electrons. The van der Waals surface area contributed by atoms with Gasteiger partial charge in [-0.3, -0.25) is 14.9 Å². The summed E-state index contributed by atoms with van der Waals surface area (Å²) < 4.78 is 17.2. The lowest BCUT2D eigenvalue weighted by Crippen LogP contribution is -2.50. The minimum absolute atomic E-state index is 0.147. The molecule has 0 aliphatic carbocycles. The second kappa shape index (κ2) is 21.6. The first kappa shape index (κ1) is 39.4. The largest absolute Gasteiger partial charge is 0.494 e. The third-order valence-corrected chi connectivity index (χ3v) is 9.76. The van der Waals surface area contributed by atoms with E-state index in [0.29, 0.717) is 39.1 Å². The predicted octanol–water partition coefficient (Wildman–Crippen LogP) is 6.81. The maximum Gasteiger partial charge on any atom is 0.407 e. The van der Waals surface area contributed by atoms with E-state index in [1.807, 2.05) is 48.5 Å². The van der Waals surface area contributed by atoms with Crippen molar-refractivity contribution < 1.29 is 23.8 Å². The summed E-state index contributed by atoms with van der Waals surface area (Å²) in [5.74, 6) is 0.818. The number of hydrogen-bond acceptors (Lipinski definition) is 11. The van der Waals surface area contributed by atoms with Gasteiger partial charge in [0, 0.05) is 50.7 Å². The fourth-order valence-corrected chi connectivity index (χ4v) is 6.80. The molecule has 11 nitrogen and oxygen atoms in total. The zero-order chi connectivity index (χ0) is 37.1. The molecule has 2 amide bonds. The summed E-state index contributed by atoms with van der Waals surface area (Å²) in [6, 6.07) is 27.7. The molecule has 2 heterocycles. The Balaban J connectivity index is 1.35. The second-order valence-corrected chi connectivity index (χ2v) is 14.9. The Morgan fingerprint density at radius 1 is 0.698 bits per heavy atom. The van der Waals surface area contributed by atoms with E-state index in [9.17, 15) is 9.59 Å². The Kier molecular flexibility index (Phi) is 16.1. The summed E-state index contributed by atoms with van der Waals surface area (Å²) in [5.41, 5.74) is 6.67. The van der Waals surface area contributed by atoms with E-state index in [-0.39, 0.29) is 25.3 Å². The van der Waals surface area contributed by atoms with Crippen LogP contribution in [0, 0.1) is 0 Å². The van der Waals surface area contributed by atoms with Gasteiger partial charge in [-0.25, -0.2) is 9.59 Å². The number of aromatic nitrogens is 2. The Labute approximate surface area is 320 Å². The summed E-state index contributed by atoms with van der Waals surface area (Å²) in [6.07, 6.45) is 4.50. The first-order valence-corrected chi connectivity index (χ1v) is 19.4. The molecule has 53 heavy (non-hydrogen) atoms. The van der Waals surface area contributed by atoms with E-state index in [1.165, 1.54) is 22.7 Å². The van der Waals surface area contributed by atoms with Gasteiger partial charge in [-0.1, -0.05) is 72.8 Å². The minimum atomic E-state index is -0.499. The lowest BCUT2D eigenvalue weighted by Gasteiger charge is -2.32. The van der Waals surface area contributed by atoms with Crippen LogP contribution in [-0.4, -0.2) is 84.4 Å². The quantitative estimate of drug-likeness (QED) is 0.0780. The fraction of sp³-hybridized carbons (Fsp3) is 0.350. The van der Waals surface area contributed by atoms with Crippen molar-refractivity contribution in [3.63, 3.8) is 0 Å². The highest BCUT2D eigenvalue weighted by molar-refractivity contribution is 7.09. The zero-order valence-corrected chi connectivity index (χ0v) is 31.9. The van der Waals surface area contributed by atoms with Crippen LogP contribution in [0.2, 0.25) is 0 Å². The molecular formula is C40H48N6O5S2. The van der Waals surface area contributed by atoms with Gasteiger partial charge in [0.05, 0.1) is 27.4 Å². The Morgan fingerprint density at radius 3 is 1.66 bits per heavy atom. The Bertz CT molecular complexity index is 1640. The van der Waals surface area contributed by atoms with Crippen molar-refractivity contribution in [2.24, 2.45) is 0 Å². The first-order valence-electron chi connectivity index (χ1n) is 17.7. The number of nitrogens with one attached hydrogen (secondary N) is 2. The monoisotopic (exact) mass is 756 g/mol. The second-order valence-electron chi connectivity index (χ2n) is 13.0. The normalized spacial score (nSPS) is 12.3. The average Bonchev–Trinajstić information content (AvgIpc) is 3.88. The molecule has 0 aliphatic heterocycles. The van der Waals surface area contributed by atoms with Crippen LogP contribution < -0.4 is 15.4 Å². The molecule has 2 atom stereocenters. The number of thiazole rings is 2. The predicted molar refractivity (Wildman–Crippen MR) is 209 cm³/mol. The number of ether oxygens (including phenoxy) is 3. The number of carbonyl (C=O) groups excluding carboxylic acids is 2. The molecule has 5 rings (SSSR count). The van der Waals surface area contributed by atoms with Gasteiger partial charge in [-0.05, 0) is 62.2 Å². The fourth-order valence-electron chi connectivity index (χ4n) is 5.78. The molecular weight excluding hydrogens is 709 g/mol. The highest BCUT2D eigenvalue weighted by atomic mass is 32.1. The molecule has 0 spiro atoms. The average molecular weight is 757 g/mol. The summed E-state index contributed by atoms with van der Waals surface area (Å²) in [4.78, 5) is 40.6. The standard InChI is InChI=1S/C40H48N6O5S2/c1-45(2)18-9-19-49-36-16-14-33(15-17-36)24-46(25-34(20-31-10-5-3-6-11-31)43-39(47)50-27-37-22-41-29-52-37)26-35(21-32-12-7-4-8-13-32)44-40(48)51-28-38-23-42-30-53-38/h3-8,10-17,22-23,29-30,34-35H,9,18-21,24-28H2,1-2H3,(H,43,47)(H,44,48)/t34-,35+. The maximum atomic E-state index is 13.2. The van der Waals surface area contributed by atoms with E-state index in [4.69, 9.17) is 14.2 Å². The van der Waals surface area contributed by atoms with E-state index in [2.05, 4.69) is 80.9 Å². The van der Waals surface area contributed by atoms with Crippen molar-refractivity contribution >= 4 is 34.9 Å². The highest BCUT2D eigenvalue weighted by Gasteiger charge is 2.23. The SMILES string of the molecule is CN(C)CCCOc1ccc(CN(C[C@@H](Cc2ccccc2)NC(=O)OCc2cncs2)C[C@H](Cc2ccccc2)NC(=O)OCc2cncs2)cc1. The smallest absolute Gasteiger partial charge is 0.407 e. The van der Waals surface area contributed by atoms with Gasteiger partial charge >= 0.3 is 12.2 Å². The molecule has 13 heteroatoms. The van der Waals surface area contributed by atoms with Crippen LogP contribution >= 0.6 is 22.7 Å². The molecule has 0 fully saturated rings. The summed E-state index contributed by atoms with van der Waals surface area (Å²) >= 11 is 2.88. The van der Waals surface area contributed by atoms with Crippen LogP contribution in [0.1, 0.15) is 32.9 Å². The number of alkyl carbamates (subject to hydrolysis) is 2. The molecule has 0 saturated heterocycles. The number of benzene rings is 3. The van der Waals surface area contributed by atoms with Crippen molar-refractivity contribution in [1.29, 1.82) is 0 Å². The van der Waals surface area contributed by atoms with Crippen LogP contribution in [0.4, 0.5) is 9.59 Å². The summed E-state index contributed by atoms with van der Waals surface area (Å²) in [7, 11) is 4.11. The lowest BCUT2D eigenvalue weighted by atomic mass is 10.0. The van der Waals surface area contributed by atoms with Gasteiger partial charge in [0.2, 0.25) is 0 Å². The van der Waals surface area contributed by atoms with Gasteiger partial charge in [-0.2, -0.15) is 0 Å². The molecule has 3 aromatic carbocycles. The Hall–Kier alpha value is -4.82. The zero-order valence-electron chi connectivity index (χ0n) is 30.3. The number of rotatable bonds is 21. The molecule has 0 aliphatic rings. The van der Waals surface area contributed by atoms with Crippen molar-refractivity contribution in [3.05, 3.63) is 135 Å². The van der Waals surface area contributed by atoms with Crippen LogP contribution in [-0.2, 0) is 42.1 Å². The first-order chi connectivity index (χ1) is 25.9. The van der Waals surface area contributed by atoms with Crippen molar-refractivity contribution in [1.82, 2.24) is 30.4 Å². The topological polar surface area (TPSA) is 118 Å². The van der Waals surface area contributed by atoms with Crippen LogP contribution in [0.3, 0.4) is 0 Å². The van der Waals surface area contributed by atoms with Gasteiger partial charge < -0.3 is 29.7 Å². The van der Waals surface area contributed by atoms with Crippen molar-refractivity contribution in [2.45, 2.75) is 51.1 Å². The molecule has 2 N–H and O–H groups in total. The molecule has 5 aromatic rings. The molecule has 0 bridgehead atoms. The molecule has 2 aromatic heterocycles.